The lowest BCUT2D eigenvalue weighted by Crippen LogP contribution is -2.09. The molecule has 0 fully saturated rings. The lowest BCUT2D eigenvalue weighted by Gasteiger charge is -2.09. The molecule has 0 N–H and O–H groups in total. The maximum Gasteiger partial charge on any atom is 0.307 e. The van der Waals surface area contributed by atoms with Crippen LogP contribution in [0, 0.1) is 18.3 Å². The first-order valence-electron chi connectivity index (χ1n) is 5.29. The number of rotatable bonds is 4. The van der Waals surface area contributed by atoms with Crippen molar-refractivity contribution in [2.75, 3.05) is 6.61 Å². The highest BCUT2D eigenvalue weighted by Crippen LogP contribution is 2.20. The Balaban J connectivity index is 2.76. The summed E-state index contributed by atoms with van der Waals surface area (Å²) in [5, 5.41) is 9.03. The van der Waals surface area contributed by atoms with Crippen molar-refractivity contribution in [3.05, 3.63) is 35.4 Å². The van der Waals surface area contributed by atoms with E-state index in [1.54, 1.807) is 6.92 Å². The summed E-state index contributed by atoms with van der Waals surface area (Å²) in [6.45, 7) is 4.07. The molecule has 1 aromatic carbocycles. The topological polar surface area (TPSA) is 50.1 Å². The first-order chi connectivity index (χ1) is 7.67. The third-order valence-corrected chi connectivity index (χ3v) is 2.28. The number of nitriles is 1. The monoisotopic (exact) mass is 217 g/mol. The van der Waals surface area contributed by atoms with Gasteiger partial charge in [0.1, 0.15) is 0 Å². The van der Waals surface area contributed by atoms with Crippen LogP contribution in [0.5, 0.6) is 0 Å². The molecule has 0 aromatic heterocycles. The minimum absolute atomic E-state index is 0.119. The Bertz CT molecular complexity index is 407. The molecule has 1 atom stereocenters. The summed E-state index contributed by atoms with van der Waals surface area (Å²) in [7, 11) is 0. The highest BCUT2D eigenvalue weighted by Gasteiger charge is 2.16. The average Bonchev–Trinajstić information content (AvgIpc) is 2.26. The summed E-state index contributed by atoms with van der Waals surface area (Å²) >= 11 is 0. The molecule has 0 saturated heterocycles. The first-order valence-corrected chi connectivity index (χ1v) is 5.29. The van der Waals surface area contributed by atoms with Gasteiger partial charge in [0, 0.05) is 0 Å². The van der Waals surface area contributed by atoms with Crippen molar-refractivity contribution in [2.45, 2.75) is 26.2 Å². The Morgan fingerprint density at radius 1 is 1.56 bits per heavy atom. The minimum Gasteiger partial charge on any atom is -0.466 e. The van der Waals surface area contributed by atoms with Crippen LogP contribution >= 0.6 is 0 Å². The van der Waals surface area contributed by atoms with Gasteiger partial charge >= 0.3 is 5.97 Å². The predicted molar refractivity (Wildman–Crippen MR) is 60.8 cm³/mol. The van der Waals surface area contributed by atoms with Crippen molar-refractivity contribution in [3.63, 3.8) is 0 Å². The number of hydrogen-bond donors (Lipinski definition) is 0. The van der Waals surface area contributed by atoms with Gasteiger partial charge in [-0.2, -0.15) is 5.26 Å². The quantitative estimate of drug-likeness (QED) is 0.728. The van der Waals surface area contributed by atoms with Gasteiger partial charge in [-0.25, -0.2) is 0 Å². The fourth-order valence-electron chi connectivity index (χ4n) is 1.51. The van der Waals surface area contributed by atoms with Gasteiger partial charge in [-0.3, -0.25) is 4.79 Å². The standard InChI is InChI=1S/C13H15NO2/c1-3-16-13(15)8-12(9-14)11-6-4-5-10(2)7-11/h4-7,12H,3,8H2,1-2H3/t12-/m1/s1. The molecule has 0 aliphatic carbocycles. The molecule has 1 rings (SSSR count). The largest absolute Gasteiger partial charge is 0.466 e. The van der Waals surface area contributed by atoms with Gasteiger partial charge in [-0.1, -0.05) is 29.8 Å². The minimum atomic E-state index is -0.418. The van der Waals surface area contributed by atoms with E-state index in [-0.39, 0.29) is 12.4 Å². The highest BCUT2D eigenvalue weighted by atomic mass is 16.5. The van der Waals surface area contributed by atoms with E-state index >= 15 is 0 Å². The van der Waals surface area contributed by atoms with Crippen molar-refractivity contribution < 1.29 is 9.53 Å². The maximum atomic E-state index is 11.3. The zero-order valence-corrected chi connectivity index (χ0v) is 9.56. The summed E-state index contributed by atoms with van der Waals surface area (Å²) in [5.41, 5.74) is 1.96. The van der Waals surface area contributed by atoms with E-state index in [1.807, 2.05) is 31.2 Å². The van der Waals surface area contributed by atoms with E-state index in [0.717, 1.165) is 11.1 Å². The molecule has 0 saturated carbocycles. The van der Waals surface area contributed by atoms with Gasteiger partial charge < -0.3 is 4.74 Å². The molecule has 0 aliphatic heterocycles. The van der Waals surface area contributed by atoms with Gasteiger partial charge in [-0.15, -0.1) is 0 Å². The molecule has 0 radical (unpaired) electrons. The van der Waals surface area contributed by atoms with Crippen LogP contribution in [0.4, 0.5) is 0 Å². The molecule has 16 heavy (non-hydrogen) atoms. The van der Waals surface area contributed by atoms with Crippen molar-refractivity contribution in [1.82, 2.24) is 0 Å². The molecule has 0 aliphatic rings. The van der Waals surface area contributed by atoms with E-state index < -0.39 is 5.92 Å². The van der Waals surface area contributed by atoms with Crippen LogP contribution in [0.25, 0.3) is 0 Å². The predicted octanol–water partition coefficient (Wildman–Crippen LogP) is 2.56. The lowest BCUT2D eigenvalue weighted by atomic mass is 9.96. The molecule has 0 bridgehead atoms. The van der Waals surface area contributed by atoms with Gasteiger partial charge in [0.25, 0.3) is 0 Å². The van der Waals surface area contributed by atoms with E-state index in [0.29, 0.717) is 6.61 Å². The number of benzene rings is 1. The number of esters is 1. The SMILES string of the molecule is CCOC(=O)C[C@H](C#N)c1cccc(C)c1. The van der Waals surface area contributed by atoms with Crippen LogP contribution in [-0.4, -0.2) is 12.6 Å². The number of ether oxygens (including phenoxy) is 1. The molecule has 84 valence electrons. The molecular formula is C13H15NO2. The Kier molecular flexibility index (Phi) is 4.53. The number of nitrogens with zero attached hydrogens (tertiary/aromatic N) is 1. The fourth-order valence-corrected chi connectivity index (χ4v) is 1.51. The average molecular weight is 217 g/mol. The summed E-state index contributed by atoms with van der Waals surface area (Å²) in [6, 6.07) is 9.77. The second kappa shape index (κ2) is 5.92. The van der Waals surface area contributed by atoms with E-state index in [1.165, 1.54) is 0 Å². The molecule has 0 unspecified atom stereocenters. The van der Waals surface area contributed by atoms with Crippen molar-refractivity contribution in [2.24, 2.45) is 0 Å². The van der Waals surface area contributed by atoms with E-state index in [4.69, 9.17) is 10.00 Å². The number of carbonyl (C=O) groups is 1. The van der Waals surface area contributed by atoms with Crippen LogP contribution < -0.4 is 0 Å². The smallest absolute Gasteiger partial charge is 0.307 e. The number of hydrogen-bond acceptors (Lipinski definition) is 3. The molecule has 0 amide bonds. The number of aryl methyl sites for hydroxylation is 1. The zero-order chi connectivity index (χ0) is 12.0. The second-order valence-corrected chi connectivity index (χ2v) is 3.60. The Morgan fingerprint density at radius 3 is 2.88 bits per heavy atom. The van der Waals surface area contributed by atoms with E-state index in [2.05, 4.69) is 6.07 Å². The third kappa shape index (κ3) is 3.39. The summed E-state index contributed by atoms with van der Waals surface area (Å²) in [5.74, 6) is -0.741. The molecule has 3 nitrogen and oxygen atoms in total. The normalized spacial score (nSPS) is 11.6. The van der Waals surface area contributed by atoms with Crippen molar-refractivity contribution >= 4 is 5.97 Å². The Morgan fingerprint density at radius 2 is 2.31 bits per heavy atom. The first kappa shape index (κ1) is 12.3. The Labute approximate surface area is 95.7 Å². The third-order valence-electron chi connectivity index (χ3n) is 2.28. The summed E-state index contributed by atoms with van der Waals surface area (Å²) in [4.78, 5) is 11.3. The van der Waals surface area contributed by atoms with Crippen molar-refractivity contribution in [3.8, 4) is 6.07 Å². The van der Waals surface area contributed by atoms with Gasteiger partial charge in [0.15, 0.2) is 0 Å². The van der Waals surface area contributed by atoms with Crippen LogP contribution in [0.15, 0.2) is 24.3 Å². The summed E-state index contributed by atoms with van der Waals surface area (Å²) < 4.78 is 4.84. The lowest BCUT2D eigenvalue weighted by molar-refractivity contribution is -0.143. The zero-order valence-electron chi connectivity index (χ0n) is 9.56. The Hall–Kier alpha value is -1.82. The van der Waals surface area contributed by atoms with Crippen LogP contribution in [-0.2, 0) is 9.53 Å². The van der Waals surface area contributed by atoms with Crippen molar-refractivity contribution in [1.29, 1.82) is 5.26 Å². The van der Waals surface area contributed by atoms with Crippen LogP contribution in [0.1, 0.15) is 30.4 Å². The molecular weight excluding hydrogens is 202 g/mol. The maximum absolute atomic E-state index is 11.3. The summed E-state index contributed by atoms with van der Waals surface area (Å²) in [6.07, 6.45) is 0.119. The molecule has 0 heterocycles. The van der Waals surface area contributed by atoms with Crippen LogP contribution in [0.2, 0.25) is 0 Å². The molecule has 3 heteroatoms. The second-order valence-electron chi connectivity index (χ2n) is 3.60. The molecule has 1 aromatic rings. The van der Waals surface area contributed by atoms with E-state index in [9.17, 15) is 4.79 Å². The molecule has 0 spiro atoms. The highest BCUT2D eigenvalue weighted by molar-refractivity contribution is 5.71. The van der Waals surface area contributed by atoms with Gasteiger partial charge in [-0.05, 0) is 19.4 Å². The van der Waals surface area contributed by atoms with Gasteiger partial charge in [0.05, 0.1) is 25.0 Å². The van der Waals surface area contributed by atoms with Crippen LogP contribution in [0.3, 0.4) is 0 Å². The fraction of sp³-hybridized carbons (Fsp3) is 0.385. The number of carbonyl (C=O) groups excluding carboxylic acids is 1. The van der Waals surface area contributed by atoms with Gasteiger partial charge in [0.2, 0.25) is 0 Å².